The fourth-order valence-corrected chi connectivity index (χ4v) is 2.93. The normalized spacial score (nSPS) is 27.7. The lowest BCUT2D eigenvalue weighted by Crippen LogP contribution is -2.48. The van der Waals surface area contributed by atoms with Crippen molar-refractivity contribution in [3.8, 4) is 0 Å². The van der Waals surface area contributed by atoms with Crippen molar-refractivity contribution in [2.45, 2.75) is 38.5 Å². The summed E-state index contributed by atoms with van der Waals surface area (Å²) in [5.41, 5.74) is -0.317. The fourth-order valence-electron chi connectivity index (χ4n) is 2.75. The topological polar surface area (TPSA) is 15.3 Å². The first-order valence-corrected chi connectivity index (χ1v) is 7.40. The van der Waals surface area contributed by atoms with Gasteiger partial charge in [0.2, 0.25) is 0 Å². The molecule has 21 heavy (non-hydrogen) atoms. The van der Waals surface area contributed by atoms with Gasteiger partial charge in [-0.1, -0.05) is 18.5 Å². The first kappa shape index (κ1) is 16.4. The molecule has 0 amide bonds. The monoisotopic (exact) mass is 320 g/mol. The van der Waals surface area contributed by atoms with E-state index in [1.807, 2.05) is 0 Å². The molecule has 0 radical (unpaired) electrons. The van der Waals surface area contributed by atoms with Gasteiger partial charge < -0.3 is 10.2 Å². The minimum absolute atomic E-state index is 0.122. The van der Waals surface area contributed by atoms with Crippen molar-refractivity contribution in [3.63, 3.8) is 0 Å². The van der Waals surface area contributed by atoms with E-state index in [0.29, 0.717) is 22.7 Å². The summed E-state index contributed by atoms with van der Waals surface area (Å²) in [5, 5.41) is 3.52. The number of anilines is 1. The lowest BCUT2D eigenvalue weighted by Gasteiger charge is -2.40. The number of halogens is 4. The third-order valence-corrected chi connectivity index (χ3v) is 4.57. The number of alkyl halides is 3. The highest BCUT2D eigenvalue weighted by atomic mass is 35.5. The van der Waals surface area contributed by atoms with Crippen LogP contribution in [0.3, 0.4) is 0 Å². The van der Waals surface area contributed by atoms with Crippen molar-refractivity contribution in [1.29, 1.82) is 0 Å². The van der Waals surface area contributed by atoms with Crippen LogP contribution in [-0.2, 0) is 6.18 Å². The molecule has 1 aromatic rings. The summed E-state index contributed by atoms with van der Waals surface area (Å²) in [6.45, 7) is 5.13. The van der Waals surface area contributed by atoms with E-state index >= 15 is 0 Å². The zero-order valence-corrected chi connectivity index (χ0v) is 13.1. The van der Waals surface area contributed by atoms with Gasteiger partial charge in [0.05, 0.1) is 16.3 Å². The van der Waals surface area contributed by atoms with Crippen molar-refractivity contribution < 1.29 is 13.2 Å². The Balaban J connectivity index is 2.19. The molecule has 0 bridgehead atoms. The molecule has 0 aliphatic carbocycles. The van der Waals surface area contributed by atoms with E-state index in [0.717, 1.165) is 25.1 Å². The van der Waals surface area contributed by atoms with Crippen LogP contribution in [0.5, 0.6) is 0 Å². The number of hydrogen-bond acceptors (Lipinski definition) is 2. The lowest BCUT2D eigenvalue weighted by molar-refractivity contribution is -0.137. The molecule has 1 aliphatic rings. The Morgan fingerprint density at radius 3 is 2.57 bits per heavy atom. The van der Waals surface area contributed by atoms with Crippen molar-refractivity contribution in [2.24, 2.45) is 5.92 Å². The minimum atomic E-state index is -4.35. The summed E-state index contributed by atoms with van der Waals surface area (Å²) in [6.07, 6.45) is -3.48. The highest BCUT2D eigenvalue weighted by Crippen LogP contribution is 2.35. The molecule has 118 valence electrons. The first-order chi connectivity index (χ1) is 9.68. The third kappa shape index (κ3) is 3.83. The van der Waals surface area contributed by atoms with Gasteiger partial charge in [-0.05, 0) is 44.5 Å². The Bertz CT molecular complexity index is 504. The minimum Gasteiger partial charge on any atom is -0.381 e. The molecular weight excluding hydrogens is 301 g/mol. The molecule has 1 aromatic carbocycles. The van der Waals surface area contributed by atoms with Crippen LogP contribution >= 0.6 is 11.6 Å². The molecule has 6 heteroatoms. The van der Waals surface area contributed by atoms with E-state index in [2.05, 4.69) is 31.1 Å². The average Bonchev–Trinajstić information content (AvgIpc) is 2.37. The number of nitrogens with zero attached hydrogens (tertiary/aromatic N) is 1. The zero-order valence-electron chi connectivity index (χ0n) is 12.3. The van der Waals surface area contributed by atoms with Crippen LogP contribution in [0.25, 0.3) is 0 Å². The van der Waals surface area contributed by atoms with Gasteiger partial charge in [0.25, 0.3) is 0 Å². The molecule has 1 saturated heterocycles. The van der Waals surface area contributed by atoms with Gasteiger partial charge in [0.1, 0.15) is 0 Å². The van der Waals surface area contributed by atoms with Crippen LogP contribution in [0.4, 0.5) is 18.9 Å². The lowest BCUT2D eigenvalue weighted by atomic mass is 9.89. The molecule has 1 N–H and O–H groups in total. The number of piperidine rings is 1. The summed E-state index contributed by atoms with van der Waals surface area (Å²) < 4.78 is 38.4. The second-order valence-corrected chi connectivity index (χ2v) is 6.35. The molecule has 2 rings (SSSR count). The molecule has 1 heterocycles. The van der Waals surface area contributed by atoms with Crippen molar-refractivity contribution in [2.75, 3.05) is 18.9 Å². The highest BCUT2D eigenvalue weighted by molar-refractivity contribution is 6.33. The fraction of sp³-hybridized carbons (Fsp3) is 0.600. The zero-order chi connectivity index (χ0) is 15.8. The number of rotatable bonds is 2. The van der Waals surface area contributed by atoms with Gasteiger partial charge in [-0.25, -0.2) is 0 Å². The highest BCUT2D eigenvalue weighted by Gasteiger charge is 2.32. The quantitative estimate of drug-likeness (QED) is 0.863. The maximum Gasteiger partial charge on any atom is 0.416 e. The predicted octanol–water partition coefficient (Wildman–Crippen LogP) is 4.50. The smallest absolute Gasteiger partial charge is 0.381 e. The van der Waals surface area contributed by atoms with E-state index < -0.39 is 11.7 Å². The maximum atomic E-state index is 12.8. The summed E-state index contributed by atoms with van der Waals surface area (Å²) in [6, 6.07) is 3.92. The Morgan fingerprint density at radius 2 is 1.95 bits per heavy atom. The van der Waals surface area contributed by atoms with Crippen molar-refractivity contribution in [1.82, 2.24) is 4.90 Å². The number of nitrogens with one attached hydrogen (secondary N) is 1. The molecular formula is C15H20ClF3N2. The van der Waals surface area contributed by atoms with E-state index in [1.54, 1.807) is 0 Å². The summed E-state index contributed by atoms with van der Waals surface area (Å²) in [5.74, 6) is 0.344. The summed E-state index contributed by atoms with van der Waals surface area (Å²) in [4.78, 5) is 2.26. The van der Waals surface area contributed by atoms with Gasteiger partial charge in [0, 0.05) is 18.6 Å². The van der Waals surface area contributed by atoms with E-state index in [1.165, 1.54) is 6.07 Å². The van der Waals surface area contributed by atoms with Gasteiger partial charge >= 0.3 is 6.18 Å². The van der Waals surface area contributed by atoms with Crippen LogP contribution in [0.2, 0.25) is 5.02 Å². The predicted molar refractivity (Wildman–Crippen MR) is 79.7 cm³/mol. The summed E-state index contributed by atoms with van der Waals surface area (Å²) >= 11 is 6.04. The molecule has 1 fully saturated rings. The second kappa shape index (κ2) is 6.05. The molecule has 0 aromatic heterocycles. The Morgan fingerprint density at radius 1 is 1.29 bits per heavy atom. The van der Waals surface area contributed by atoms with Gasteiger partial charge in [0.15, 0.2) is 0 Å². The molecule has 0 spiro atoms. The van der Waals surface area contributed by atoms with Gasteiger partial charge in [-0.3, -0.25) is 0 Å². The SMILES string of the molecule is CC1CN(C)C(C)CC1Nc1cc(C(F)(F)F)ccc1Cl. The van der Waals surface area contributed by atoms with Crippen LogP contribution in [-0.4, -0.2) is 30.6 Å². The Labute approximate surface area is 128 Å². The summed E-state index contributed by atoms with van der Waals surface area (Å²) in [7, 11) is 2.06. The third-order valence-electron chi connectivity index (χ3n) is 4.24. The molecule has 3 unspecified atom stereocenters. The van der Waals surface area contributed by atoms with Crippen LogP contribution in [0, 0.1) is 5.92 Å². The maximum absolute atomic E-state index is 12.8. The Hall–Kier alpha value is -0.940. The second-order valence-electron chi connectivity index (χ2n) is 5.94. The van der Waals surface area contributed by atoms with Gasteiger partial charge in [-0.2, -0.15) is 13.2 Å². The van der Waals surface area contributed by atoms with Crippen LogP contribution < -0.4 is 5.32 Å². The van der Waals surface area contributed by atoms with E-state index in [-0.39, 0.29) is 6.04 Å². The molecule has 1 aliphatic heterocycles. The molecule has 3 atom stereocenters. The van der Waals surface area contributed by atoms with Crippen molar-refractivity contribution in [3.05, 3.63) is 28.8 Å². The number of benzene rings is 1. The number of hydrogen-bond donors (Lipinski definition) is 1. The van der Waals surface area contributed by atoms with Gasteiger partial charge in [-0.15, -0.1) is 0 Å². The molecule has 0 saturated carbocycles. The number of likely N-dealkylation sites (tertiary alicyclic amines) is 1. The van der Waals surface area contributed by atoms with Crippen LogP contribution in [0.1, 0.15) is 25.8 Å². The van der Waals surface area contributed by atoms with Crippen LogP contribution in [0.15, 0.2) is 18.2 Å². The van der Waals surface area contributed by atoms with Crippen molar-refractivity contribution >= 4 is 17.3 Å². The average molecular weight is 321 g/mol. The van der Waals surface area contributed by atoms with E-state index in [4.69, 9.17) is 11.6 Å². The standard InChI is InChI=1S/C15H20ClF3N2/c1-9-8-21(3)10(2)6-13(9)20-14-7-11(15(17,18)19)4-5-12(14)16/h4-5,7,9-10,13,20H,6,8H2,1-3H3. The first-order valence-electron chi connectivity index (χ1n) is 7.02. The molecule has 2 nitrogen and oxygen atoms in total. The van der Waals surface area contributed by atoms with E-state index in [9.17, 15) is 13.2 Å². The Kier molecular flexibility index (Phi) is 4.73. The largest absolute Gasteiger partial charge is 0.416 e.